The lowest BCUT2D eigenvalue weighted by atomic mass is 10.1. The number of nitrogens with one attached hydrogen (secondary N) is 1. The van der Waals surface area contributed by atoms with E-state index >= 15 is 0 Å². The van der Waals surface area contributed by atoms with Crippen molar-refractivity contribution in [3.8, 4) is 11.3 Å². The van der Waals surface area contributed by atoms with E-state index in [-0.39, 0.29) is 5.91 Å². The van der Waals surface area contributed by atoms with Gasteiger partial charge in [-0.15, -0.1) is 11.3 Å². The molecule has 0 aliphatic heterocycles. The molecule has 2 heterocycles. The molecule has 18 heavy (non-hydrogen) atoms. The molecule has 0 spiro atoms. The number of aromatic nitrogens is 2. The van der Waals surface area contributed by atoms with Gasteiger partial charge in [0.25, 0.3) is 0 Å². The molecule has 0 atom stereocenters. The van der Waals surface area contributed by atoms with Gasteiger partial charge in [-0.25, -0.2) is 4.98 Å². The first-order valence-corrected chi connectivity index (χ1v) is 6.40. The summed E-state index contributed by atoms with van der Waals surface area (Å²) < 4.78 is 2.04. The number of hydrogen-bond donors (Lipinski definition) is 1. The largest absolute Gasteiger partial charge is 0.326 e. The Morgan fingerprint density at radius 1 is 1.44 bits per heavy atom. The van der Waals surface area contributed by atoms with Crippen molar-refractivity contribution < 1.29 is 4.79 Å². The zero-order chi connectivity index (χ0) is 12.5. The molecule has 0 aliphatic rings. The molecule has 2 aromatic heterocycles. The number of thiazole rings is 1. The van der Waals surface area contributed by atoms with E-state index in [1.54, 1.807) is 17.5 Å². The van der Waals surface area contributed by atoms with Crippen LogP contribution in [-0.2, 0) is 4.79 Å². The number of rotatable bonds is 2. The van der Waals surface area contributed by atoms with Gasteiger partial charge in [-0.2, -0.15) is 0 Å². The Hall–Kier alpha value is -2.14. The number of carbonyl (C=O) groups excluding carboxylic acids is 1. The van der Waals surface area contributed by atoms with E-state index in [2.05, 4.69) is 15.7 Å². The fraction of sp³-hybridized carbons (Fsp3) is 0.0769. The Labute approximate surface area is 108 Å². The molecule has 0 radical (unpaired) electrons. The van der Waals surface area contributed by atoms with E-state index in [1.807, 2.05) is 34.9 Å². The van der Waals surface area contributed by atoms with Crippen LogP contribution in [0.4, 0.5) is 5.69 Å². The second kappa shape index (κ2) is 4.27. The second-order valence-electron chi connectivity index (χ2n) is 3.96. The lowest BCUT2D eigenvalue weighted by molar-refractivity contribution is -0.114. The minimum atomic E-state index is -0.0646. The van der Waals surface area contributed by atoms with E-state index in [0.29, 0.717) is 0 Å². The average Bonchev–Trinajstić information content (AvgIpc) is 2.89. The normalized spacial score (nSPS) is 10.7. The Morgan fingerprint density at radius 2 is 2.33 bits per heavy atom. The molecule has 0 saturated carbocycles. The lowest BCUT2D eigenvalue weighted by Gasteiger charge is -2.05. The Kier molecular flexibility index (Phi) is 2.60. The van der Waals surface area contributed by atoms with E-state index in [1.165, 1.54) is 6.92 Å². The van der Waals surface area contributed by atoms with E-state index in [4.69, 9.17) is 0 Å². The second-order valence-corrected chi connectivity index (χ2v) is 4.80. The van der Waals surface area contributed by atoms with E-state index in [9.17, 15) is 4.79 Å². The van der Waals surface area contributed by atoms with Crippen LogP contribution < -0.4 is 5.32 Å². The van der Waals surface area contributed by atoms with Crippen LogP contribution in [0.25, 0.3) is 16.2 Å². The predicted octanol–water partition coefficient (Wildman–Crippen LogP) is 3.02. The molecule has 90 valence electrons. The van der Waals surface area contributed by atoms with Crippen LogP contribution in [0.5, 0.6) is 0 Å². The molecule has 1 aromatic carbocycles. The maximum Gasteiger partial charge on any atom is 0.221 e. The summed E-state index contributed by atoms with van der Waals surface area (Å²) in [5.41, 5.74) is 2.95. The Balaban J connectivity index is 2.06. The summed E-state index contributed by atoms with van der Waals surface area (Å²) in [4.78, 5) is 16.3. The molecular weight excluding hydrogens is 246 g/mol. The van der Waals surface area contributed by atoms with Crippen LogP contribution in [0.2, 0.25) is 0 Å². The number of carbonyl (C=O) groups is 1. The molecule has 3 aromatic rings. The quantitative estimate of drug-likeness (QED) is 0.767. The summed E-state index contributed by atoms with van der Waals surface area (Å²) >= 11 is 1.60. The van der Waals surface area contributed by atoms with Gasteiger partial charge in [-0.1, -0.05) is 12.1 Å². The number of benzene rings is 1. The van der Waals surface area contributed by atoms with Gasteiger partial charge in [0.1, 0.15) is 0 Å². The van der Waals surface area contributed by atoms with Crippen LogP contribution in [0.1, 0.15) is 6.92 Å². The van der Waals surface area contributed by atoms with E-state index in [0.717, 1.165) is 21.9 Å². The van der Waals surface area contributed by atoms with Crippen molar-refractivity contribution in [3.63, 3.8) is 0 Å². The topological polar surface area (TPSA) is 46.4 Å². The smallest absolute Gasteiger partial charge is 0.221 e. The van der Waals surface area contributed by atoms with Crippen molar-refractivity contribution in [2.45, 2.75) is 6.92 Å². The van der Waals surface area contributed by atoms with Crippen LogP contribution in [0, 0.1) is 0 Å². The van der Waals surface area contributed by atoms with Crippen LogP contribution in [-0.4, -0.2) is 15.3 Å². The predicted molar refractivity (Wildman–Crippen MR) is 72.8 cm³/mol. The average molecular weight is 257 g/mol. The fourth-order valence-electron chi connectivity index (χ4n) is 1.89. The van der Waals surface area contributed by atoms with Crippen molar-refractivity contribution in [1.29, 1.82) is 0 Å². The molecule has 3 rings (SSSR count). The molecule has 1 N–H and O–H groups in total. The molecule has 5 heteroatoms. The summed E-state index contributed by atoms with van der Waals surface area (Å²) in [5.74, 6) is -0.0646. The Morgan fingerprint density at radius 3 is 3.17 bits per heavy atom. The molecule has 0 aliphatic carbocycles. The van der Waals surface area contributed by atoms with Crippen LogP contribution >= 0.6 is 11.3 Å². The summed E-state index contributed by atoms with van der Waals surface area (Å²) in [5, 5.41) is 4.85. The number of imidazole rings is 1. The standard InChI is InChI=1S/C13H11N3OS/c1-9(17)15-11-4-2-3-10(7-11)12-8-18-13-14-5-6-16(12)13/h2-8H,1H3,(H,15,17). The van der Waals surface area contributed by atoms with Gasteiger partial charge in [-0.3, -0.25) is 9.20 Å². The third kappa shape index (κ3) is 1.89. The van der Waals surface area contributed by atoms with Gasteiger partial charge in [0.05, 0.1) is 5.69 Å². The first-order valence-electron chi connectivity index (χ1n) is 5.52. The van der Waals surface area contributed by atoms with Crippen molar-refractivity contribution in [1.82, 2.24) is 9.38 Å². The number of fused-ring (bicyclic) bond motifs is 1. The minimum Gasteiger partial charge on any atom is -0.326 e. The molecule has 0 saturated heterocycles. The highest BCUT2D eigenvalue weighted by Gasteiger charge is 2.07. The van der Waals surface area contributed by atoms with Gasteiger partial charge < -0.3 is 5.32 Å². The Bertz CT molecular complexity index is 714. The zero-order valence-corrected chi connectivity index (χ0v) is 10.6. The first-order chi connectivity index (χ1) is 8.74. The number of nitrogens with zero attached hydrogens (tertiary/aromatic N) is 2. The highest BCUT2D eigenvalue weighted by molar-refractivity contribution is 7.15. The van der Waals surface area contributed by atoms with Gasteiger partial charge >= 0.3 is 0 Å². The monoisotopic (exact) mass is 257 g/mol. The number of amides is 1. The third-order valence-electron chi connectivity index (χ3n) is 2.62. The fourth-order valence-corrected chi connectivity index (χ4v) is 2.75. The molecule has 4 nitrogen and oxygen atoms in total. The van der Waals surface area contributed by atoms with Gasteiger partial charge in [0, 0.05) is 35.9 Å². The van der Waals surface area contributed by atoms with Gasteiger partial charge in [0.15, 0.2) is 4.96 Å². The first kappa shape index (κ1) is 11.0. The third-order valence-corrected chi connectivity index (χ3v) is 3.48. The maximum atomic E-state index is 11.1. The molecule has 0 fully saturated rings. The summed E-state index contributed by atoms with van der Waals surface area (Å²) in [6, 6.07) is 7.79. The molecular formula is C13H11N3OS. The number of hydrogen-bond acceptors (Lipinski definition) is 3. The summed E-state index contributed by atoms with van der Waals surface area (Å²) in [7, 11) is 0. The maximum absolute atomic E-state index is 11.1. The zero-order valence-electron chi connectivity index (χ0n) is 9.75. The summed E-state index contributed by atoms with van der Waals surface area (Å²) in [6.07, 6.45) is 3.72. The minimum absolute atomic E-state index is 0.0646. The SMILES string of the molecule is CC(=O)Nc1cccc(-c2csc3nccn23)c1. The molecule has 1 amide bonds. The van der Waals surface area contributed by atoms with Crippen LogP contribution in [0.3, 0.4) is 0 Å². The van der Waals surface area contributed by atoms with Crippen molar-refractivity contribution >= 4 is 27.9 Å². The van der Waals surface area contributed by atoms with Crippen LogP contribution in [0.15, 0.2) is 42.0 Å². The molecule has 0 bridgehead atoms. The highest BCUT2D eigenvalue weighted by atomic mass is 32.1. The molecule has 0 unspecified atom stereocenters. The highest BCUT2D eigenvalue weighted by Crippen LogP contribution is 2.27. The van der Waals surface area contributed by atoms with E-state index < -0.39 is 0 Å². The summed E-state index contributed by atoms with van der Waals surface area (Å²) in [6.45, 7) is 1.51. The van der Waals surface area contributed by atoms with Crippen molar-refractivity contribution in [2.75, 3.05) is 5.32 Å². The van der Waals surface area contributed by atoms with Gasteiger partial charge in [0.2, 0.25) is 5.91 Å². The van der Waals surface area contributed by atoms with Crippen molar-refractivity contribution in [2.24, 2.45) is 0 Å². The van der Waals surface area contributed by atoms with Gasteiger partial charge in [-0.05, 0) is 12.1 Å². The van der Waals surface area contributed by atoms with Crippen molar-refractivity contribution in [3.05, 3.63) is 42.0 Å². The lowest BCUT2D eigenvalue weighted by Crippen LogP contribution is -2.05. The number of anilines is 1.